The van der Waals surface area contributed by atoms with Crippen LogP contribution in [-0.2, 0) is 43.3 Å². The molecular formula is C74H89BN2O. The fraction of sp³-hybridized carbons (Fsp3) is 0.486. The van der Waals surface area contributed by atoms with Crippen molar-refractivity contribution in [1.82, 2.24) is 0 Å². The highest BCUT2D eigenvalue weighted by atomic mass is 16.4. The molecule has 1 unspecified atom stereocenters. The fourth-order valence-electron chi connectivity index (χ4n) is 16.1. The van der Waals surface area contributed by atoms with Crippen LogP contribution in [0.15, 0.2) is 95.4 Å². The maximum absolute atomic E-state index is 7.62. The predicted octanol–water partition coefficient (Wildman–Crippen LogP) is 19.0. The second-order valence-corrected chi connectivity index (χ2v) is 31.6. The van der Waals surface area contributed by atoms with Crippen molar-refractivity contribution in [3.8, 4) is 11.1 Å². The normalized spacial score (nSPS) is 22.1. The van der Waals surface area contributed by atoms with Crippen LogP contribution >= 0.6 is 0 Å². The number of anilines is 6. The molecule has 0 saturated carbocycles. The lowest BCUT2D eigenvalue weighted by Gasteiger charge is -2.46. The number of nitrogens with zero attached hydrogens (tertiary/aromatic N) is 2. The van der Waals surface area contributed by atoms with E-state index in [0.29, 0.717) is 5.92 Å². The van der Waals surface area contributed by atoms with Gasteiger partial charge in [0, 0.05) is 39.3 Å². The molecule has 404 valence electrons. The highest BCUT2D eigenvalue weighted by molar-refractivity contribution is 7.01. The minimum atomic E-state index is -0.0778. The molecule has 4 heteroatoms. The van der Waals surface area contributed by atoms with Gasteiger partial charge in [0.25, 0.3) is 6.71 Å². The maximum atomic E-state index is 7.62. The van der Waals surface area contributed by atoms with E-state index in [-0.39, 0.29) is 50.0 Å². The van der Waals surface area contributed by atoms with Gasteiger partial charge in [-0.25, -0.2) is 0 Å². The predicted molar refractivity (Wildman–Crippen MR) is 336 cm³/mol. The van der Waals surface area contributed by atoms with Gasteiger partial charge in [-0.15, -0.1) is 0 Å². The third-order valence-electron chi connectivity index (χ3n) is 21.9. The van der Waals surface area contributed by atoms with Crippen molar-refractivity contribution in [1.29, 1.82) is 0 Å². The van der Waals surface area contributed by atoms with Crippen LogP contribution < -0.4 is 26.2 Å². The minimum Gasteiger partial charge on any atom is -0.440 e. The second kappa shape index (κ2) is 16.3. The lowest BCUT2D eigenvalue weighted by molar-refractivity contribution is 0.332. The van der Waals surface area contributed by atoms with Gasteiger partial charge in [-0.2, -0.15) is 0 Å². The van der Waals surface area contributed by atoms with Crippen molar-refractivity contribution >= 4 is 68.4 Å². The molecular weight excluding hydrogens is 944 g/mol. The lowest BCUT2D eigenvalue weighted by Crippen LogP contribution is -2.61. The van der Waals surface area contributed by atoms with Gasteiger partial charge >= 0.3 is 0 Å². The molecule has 6 aromatic carbocycles. The average Bonchev–Trinajstić information content (AvgIpc) is 2.82. The SMILES string of the molecule is Cc1cc2c(cc1-c1cc3c4c(c1)N(c1ccc5c(c1)C(C)(C)CCC5(C)C)c1oc5ccc(C(C)(C)C)cc5c1B4c1cc4c(cc1N3c1ccc3c(c1)C(C)(C)CCC3(C)C)C(C)(C)CCC4C)C(C)(C)CCC2(C)C. The molecule has 0 amide bonds. The van der Waals surface area contributed by atoms with E-state index in [0.717, 1.165) is 17.9 Å². The molecule has 13 rings (SSSR count). The molecule has 1 aromatic heterocycles. The molecule has 4 aliphatic carbocycles. The number of hydrogen-bond acceptors (Lipinski definition) is 3. The highest BCUT2D eigenvalue weighted by Crippen LogP contribution is 2.56. The molecule has 0 fully saturated rings. The maximum Gasteiger partial charge on any atom is 0.257 e. The van der Waals surface area contributed by atoms with E-state index in [1.54, 1.807) is 0 Å². The van der Waals surface area contributed by atoms with E-state index < -0.39 is 0 Å². The number of furan rings is 1. The third-order valence-corrected chi connectivity index (χ3v) is 21.9. The summed E-state index contributed by atoms with van der Waals surface area (Å²) in [7, 11) is 0. The van der Waals surface area contributed by atoms with Gasteiger partial charge in [-0.1, -0.05) is 161 Å². The zero-order valence-corrected chi connectivity index (χ0v) is 51.3. The number of fused-ring (bicyclic) bond motifs is 10. The number of hydrogen-bond donors (Lipinski definition) is 0. The second-order valence-electron chi connectivity index (χ2n) is 31.6. The Morgan fingerprint density at radius 1 is 0.474 bits per heavy atom. The molecule has 2 aliphatic heterocycles. The topological polar surface area (TPSA) is 19.6 Å². The highest BCUT2D eigenvalue weighted by Gasteiger charge is 2.50. The number of rotatable bonds is 3. The first-order valence-corrected chi connectivity index (χ1v) is 30.3. The van der Waals surface area contributed by atoms with E-state index in [2.05, 4.69) is 232 Å². The summed E-state index contributed by atoms with van der Waals surface area (Å²) in [6.45, 7) is 46.5. The zero-order chi connectivity index (χ0) is 55.6. The Balaban J connectivity index is 1.20. The molecule has 3 nitrogen and oxygen atoms in total. The van der Waals surface area contributed by atoms with Crippen molar-refractivity contribution in [3.63, 3.8) is 0 Å². The largest absolute Gasteiger partial charge is 0.440 e. The summed E-state index contributed by atoms with van der Waals surface area (Å²) in [5.41, 5.74) is 28.9. The molecule has 6 aliphatic rings. The molecule has 0 saturated heterocycles. The van der Waals surface area contributed by atoms with Gasteiger partial charge in [0.1, 0.15) is 5.58 Å². The summed E-state index contributed by atoms with van der Waals surface area (Å²) in [6.07, 6.45) is 9.42. The van der Waals surface area contributed by atoms with Crippen LogP contribution in [0.1, 0.15) is 238 Å². The third kappa shape index (κ3) is 7.55. The molecule has 1 atom stereocenters. The van der Waals surface area contributed by atoms with Crippen LogP contribution in [0.2, 0.25) is 0 Å². The van der Waals surface area contributed by atoms with Crippen molar-refractivity contribution in [2.45, 2.75) is 232 Å². The summed E-state index contributed by atoms with van der Waals surface area (Å²) < 4.78 is 7.62. The number of benzene rings is 6. The summed E-state index contributed by atoms with van der Waals surface area (Å²) in [5, 5.41) is 1.23. The monoisotopic (exact) mass is 1030 g/mol. The fourth-order valence-corrected chi connectivity index (χ4v) is 16.1. The van der Waals surface area contributed by atoms with Gasteiger partial charge < -0.3 is 9.32 Å². The van der Waals surface area contributed by atoms with Crippen LogP contribution in [0.5, 0.6) is 0 Å². The molecule has 3 heterocycles. The smallest absolute Gasteiger partial charge is 0.257 e. The van der Waals surface area contributed by atoms with E-state index in [1.807, 2.05) is 0 Å². The Hall–Kier alpha value is -5.48. The standard InChI is InChI=1S/C74H89BN2O/c1-43-26-27-68(6,7)54-42-60-59(41-50(43)54)75-64-51-37-46(67(3,4)5)20-25-63(51)78-66(64)77(48-22-24-53-57(39-48)73(16,17)31-29-70(53,10)11)62-36-45(49-40-58-55(34-44(49)2)71(12,13)32-33-74(58,18)19)35-61(65(62)75)76(60)47-21-23-52-56(38-47)72(14,15)30-28-69(52,8)9/h20-25,34-43H,26-33H2,1-19H3. The molecule has 0 radical (unpaired) electrons. The van der Waals surface area contributed by atoms with Crippen molar-refractivity contribution in [3.05, 3.63) is 147 Å². The summed E-state index contributed by atoms with van der Waals surface area (Å²) in [4.78, 5) is 5.35. The van der Waals surface area contributed by atoms with Crippen LogP contribution in [0.4, 0.5) is 34.3 Å². The van der Waals surface area contributed by atoms with Gasteiger partial charge in [0.15, 0.2) is 0 Å². The summed E-state index contributed by atoms with van der Waals surface area (Å²) in [5.74, 6) is 1.41. The molecule has 0 N–H and O–H groups in total. The minimum absolute atomic E-state index is 0.0215. The molecule has 0 spiro atoms. The Morgan fingerprint density at radius 2 is 0.962 bits per heavy atom. The zero-order valence-electron chi connectivity index (χ0n) is 51.3. The van der Waals surface area contributed by atoms with Crippen LogP contribution in [-0.4, -0.2) is 6.71 Å². The van der Waals surface area contributed by atoms with Gasteiger partial charge in [-0.3, -0.25) is 4.90 Å². The molecule has 7 aromatic rings. The lowest BCUT2D eigenvalue weighted by atomic mass is 9.33. The first-order valence-electron chi connectivity index (χ1n) is 30.3. The van der Waals surface area contributed by atoms with Crippen LogP contribution in [0, 0.1) is 6.92 Å². The quantitative estimate of drug-likeness (QED) is 0.164. The Morgan fingerprint density at radius 3 is 1.51 bits per heavy atom. The average molecular weight is 1030 g/mol. The van der Waals surface area contributed by atoms with E-state index in [4.69, 9.17) is 4.42 Å². The van der Waals surface area contributed by atoms with Crippen molar-refractivity contribution < 1.29 is 4.42 Å². The molecule has 0 bridgehead atoms. The molecule has 78 heavy (non-hydrogen) atoms. The van der Waals surface area contributed by atoms with E-state index >= 15 is 0 Å². The van der Waals surface area contributed by atoms with Crippen LogP contribution in [0.3, 0.4) is 0 Å². The van der Waals surface area contributed by atoms with Crippen LogP contribution in [0.25, 0.3) is 22.1 Å². The van der Waals surface area contributed by atoms with E-state index in [9.17, 15) is 0 Å². The Bertz CT molecular complexity index is 3710. The first kappa shape index (κ1) is 51.9. The van der Waals surface area contributed by atoms with Gasteiger partial charge in [0.2, 0.25) is 5.88 Å². The van der Waals surface area contributed by atoms with E-state index in [1.165, 1.54) is 162 Å². The van der Waals surface area contributed by atoms with Gasteiger partial charge in [-0.05, 0) is 240 Å². The van der Waals surface area contributed by atoms with Crippen molar-refractivity contribution in [2.75, 3.05) is 9.80 Å². The summed E-state index contributed by atoms with van der Waals surface area (Å²) in [6, 6.07) is 38.1. The van der Waals surface area contributed by atoms with Gasteiger partial charge in [0.05, 0.1) is 0 Å². The number of aryl methyl sites for hydroxylation is 1. The van der Waals surface area contributed by atoms with Crippen molar-refractivity contribution in [2.24, 2.45) is 0 Å². The first-order chi connectivity index (χ1) is 36.3. The Kier molecular flexibility index (Phi) is 10.9. The Labute approximate surface area is 470 Å². The summed E-state index contributed by atoms with van der Waals surface area (Å²) >= 11 is 0.